The van der Waals surface area contributed by atoms with Crippen molar-refractivity contribution in [2.24, 2.45) is 5.73 Å². The summed E-state index contributed by atoms with van der Waals surface area (Å²) in [5.74, 6) is -0.771. The molecule has 0 saturated heterocycles. The van der Waals surface area contributed by atoms with E-state index in [0.29, 0.717) is 5.56 Å². The lowest BCUT2D eigenvalue weighted by molar-refractivity contribution is -0.138. The van der Waals surface area contributed by atoms with Gasteiger partial charge in [-0.1, -0.05) is 0 Å². The molecule has 1 unspecified atom stereocenters. The fraction of sp³-hybridized carbons (Fsp3) is 0.364. The molecule has 0 bridgehead atoms. The van der Waals surface area contributed by atoms with E-state index in [2.05, 4.69) is 0 Å². The summed E-state index contributed by atoms with van der Waals surface area (Å²) in [5.41, 5.74) is 6.04. The maximum Gasteiger partial charge on any atom is 0.320 e. The van der Waals surface area contributed by atoms with Crippen molar-refractivity contribution in [3.63, 3.8) is 0 Å². The molecule has 0 spiro atoms. The second kappa shape index (κ2) is 5.40. The monoisotopic (exact) mass is 241 g/mol. The second-order valence-electron chi connectivity index (χ2n) is 3.50. The number of nitrogens with two attached hydrogens (primary N) is 1. The summed E-state index contributed by atoms with van der Waals surface area (Å²) in [4.78, 5) is 10.6. The molecule has 0 radical (unpaired) electrons. The summed E-state index contributed by atoms with van der Waals surface area (Å²) in [6.07, 6.45) is 0.127. The molecular weight excluding hydrogens is 226 g/mol. The lowest BCUT2D eigenvalue weighted by Crippen LogP contribution is -2.32. The highest BCUT2D eigenvalue weighted by atomic mass is 16.5. The van der Waals surface area contributed by atoms with Crippen LogP contribution in [0.3, 0.4) is 0 Å². The Hall–Kier alpha value is -1.95. The Kier molecular flexibility index (Phi) is 4.17. The van der Waals surface area contributed by atoms with Crippen molar-refractivity contribution in [3.8, 4) is 17.2 Å². The number of carboxylic acid groups (broad SMARTS) is 1. The SMILES string of the molecule is COc1cc(CC(N)C(=O)O)cc(OC)c1O. The van der Waals surface area contributed by atoms with Gasteiger partial charge in [-0.3, -0.25) is 4.79 Å². The van der Waals surface area contributed by atoms with Gasteiger partial charge in [0, 0.05) is 0 Å². The predicted molar refractivity (Wildman–Crippen MR) is 60.5 cm³/mol. The molecule has 0 amide bonds. The average molecular weight is 241 g/mol. The fourth-order valence-electron chi connectivity index (χ4n) is 1.41. The minimum atomic E-state index is -1.09. The molecule has 1 aromatic carbocycles. The van der Waals surface area contributed by atoms with Gasteiger partial charge in [-0.25, -0.2) is 0 Å². The van der Waals surface area contributed by atoms with Crippen LogP contribution < -0.4 is 15.2 Å². The minimum Gasteiger partial charge on any atom is -0.502 e. The minimum absolute atomic E-state index is 0.123. The second-order valence-corrected chi connectivity index (χ2v) is 3.50. The summed E-state index contributed by atoms with van der Waals surface area (Å²) in [5, 5.41) is 18.4. The molecule has 0 aliphatic rings. The van der Waals surface area contributed by atoms with Gasteiger partial charge in [-0.2, -0.15) is 0 Å². The van der Waals surface area contributed by atoms with Crippen molar-refractivity contribution in [1.82, 2.24) is 0 Å². The first kappa shape index (κ1) is 13.1. The first-order chi connectivity index (χ1) is 7.99. The molecule has 1 atom stereocenters. The van der Waals surface area contributed by atoms with Gasteiger partial charge in [-0.15, -0.1) is 0 Å². The smallest absolute Gasteiger partial charge is 0.320 e. The number of phenols is 1. The third-order valence-corrected chi connectivity index (χ3v) is 2.31. The molecule has 1 rings (SSSR count). The number of methoxy groups -OCH3 is 2. The van der Waals surface area contributed by atoms with Gasteiger partial charge in [0.25, 0.3) is 0 Å². The van der Waals surface area contributed by atoms with Crippen LogP contribution in [-0.4, -0.2) is 36.4 Å². The lowest BCUT2D eigenvalue weighted by atomic mass is 10.1. The molecule has 1 aromatic rings. The first-order valence-corrected chi connectivity index (χ1v) is 4.91. The van der Waals surface area contributed by atoms with Crippen LogP contribution in [0, 0.1) is 0 Å². The highest BCUT2D eigenvalue weighted by Gasteiger charge is 2.16. The lowest BCUT2D eigenvalue weighted by Gasteiger charge is -2.12. The Labute approximate surface area is 98.6 Å². The Morgan fingerprint density at radius 3 is 2.18 bits per heavy atom. The van der Waals surface area contributed by atoms with Crippen LogP contribution in [0.4, 0.5) is 0 Å². The maximum absolute atomic E-state index is 10.6. The number of carboxylic acids is 1. The summed E-state index contributed by atoms with van der Waals surface area (Å²) in [6, 6.07) is 2.05. The normalized spacial score (nSPS) is 11.9. The van der Waals surface area contributed by atoms with Crippen LogP contribution in [0.5, 0.6) is 17.2 Å². The molecule has 4 N–H and O–H groups in total. The number of hydrogen-bond acceptors (Lipinski definition) is 5. The Balaban J connectivity index is 3.05. The molecule has 94 valence electrons. The summed E-state index contributed by atoms with van der Waals surface area (Å²) < 4.78 is 9.90. The van der Waals surface area contributed by atoms with Crippen molar-refractivity contribution in [3.05, 3.63) is 17.7 Å². The zero-order chi connectivity index (χ0) is 13.0. The number of phenolic OH excluding ortho intramolecular Hbond substituents is 1. The molecule has 0 saturated carbocycles. The zero-order valence-electron chi connectivity index (χ0n) is 9.64. The van der Waals surface area contributed by atoms with Gasteiger partial charge in [0.2, 0.25) is 5.75 Å². The number of aliphatic carboxylic acids is 1. The molecule has 17 heavy (non-hydrogen) atoms. The van der Waals surface area contributed by atoms with Crippen LogP contribution in [-0.2, 0) is 11.2 Å². The first-order valence-electron chi connectivity index (χ1n) is 4.91. The number of ether oxygens (including phenoxy) is 2. The Bertz CT molecular complexity index is 393. The third kappa shape index (κ3) is 3.01. The number of hydrogen-bond donors (Lipinski definition) is 3. The summed E-state index contributed by atoms with van der Waals surface area (Å²) in [7, 11) is 2.80. The largest absolute Gasteiger partial charge is 0.502 e. The standard InChI is InChI=1S/C11H15NO5/c1-16-8-4-6(3-7(12)11(14)15)5-9(17-2)10(8)13/h4-5,7,13H,3,12H2,1-2H3,(H,14,15). The van der Waals surface area contributed by atoms with Gasteiger partial charge in [0.05, 0.1) is 14.2 Å². The van der Waals surface area contributed by atoms with Gasteiger partial charge in [0.15, 0.2) is 11.5 Å². The van der Waals surface area contributed by atoms with Crippen LogP contribution in [0.2, 0.25) is 0 Å². The van der Waals surface area contributed by atoms with Crippen molar-refractivity contribution in [2.45, 2.75) is 12.5 Å². The van der Waals surface area contributed by atoms with Crippen LogP contribution in [0.25, 0.3) is 0 Å². The number of benzene rings is 1. The van der Waals surface area contributed by atoms with E-state index in [1.807, 2.05) is 0 Å². The molecule has 6 nitrogen and oxygen atoms in total. The van der Waals surface area contributed by atoms with E-state index in [-0.39, 0.29) is 23.7 Å². The maximum atomic E-state index is 10.6. The number of carbonyl (C=O) groups is 1. The van der Waals surface area contributed by atoms with Crippen molar-refractivity contribution < 1.29 is 24.5 Å². The van der Waals surface area contributed by atoms with E-state index >= 15 is 0 Å². The van der Waals surface area contributed by atoms with Crippen molar-refractivity contribution in [1.29, 1.82) is 0 Å². The molecular formula is C11H15NO5. The van der Waals surface area contributed by atoms with Crippen LogP contribution >= 0.6 is 0 Å². The number of rotatable bonds is 5. The number of aromatic hydroxyl groups is 1. The summed E-state index contributed by atoms with van der Waals surface area (Å²) in [6.45, 7) is 0. The van der Waals surface area contributed by atoms with Crippen molar-refractivity contribution in [2.75, 3.05) is 14.2 Å². The molecule has 6 heteroatoms. The average Bonchev–Trinajstić information content (AvgIpc) is 2.30. The van der Waals surface area contributed by atoms with E-state index in [0.717, 1.165) is 0 Å². The van der Waals surface area contributed by atoms with E-state index in [4.69, 9.17) is 20.3 Å². The van der Waals surface area contributed by atoms with Gasteiger partial charge in [-0.05, 0) is 24.1 Å². The molecule has 0 aromatic heterocycles. The molecule has 0 fully saturated rings. The molecule has 0 heterocycles. The van der Waals surface area contributed by atoms with E-state index in [9.17, 15) is 9.90 Å². The highest BCUT2D eigenvalue weighted by Crippen LogP contribution is 2.37. The molecule has 0 aliphatic carbocycles. The predicted octanol–water partition coefficient (Wildman–Crippen LogP) is 0.364. The van der Waals surface area contributed by atoms with Gasteiger partial charge >= 0.3 is 5.97 Å². The zero-order valence-corrected chi connectivity index (χ0v) is 9.64. The van der Waals surface area contributed by atoms with E-state index < -0.39 is 12.0 Å². The van der Waals surface area contributed by atoms with Crippen LogP contribution in [0.15, 0.2) is 12.1 Å². The van der Waals surface area contributed by atoms with E-state index in [1.165, 1.54) is 26.4 Å². The Morgan fingerprint density at radius 1 is 1.35 bits per heavy atom. The van der Waals surface area contributed by atoms with Crippen LogP contribution in [0.1, 0.15) is 5.56 Å². The third-order valence-electron chi connectivity index (χ3n) is 2.31. The topological polar surface area (TPSA) is 102 Å². The quantitative estimate of drug-likeness (QED) is 0.688. The fourth-order valence-corrected chi connectivity index (χ4v) is 1.41. The molecule has 0 aliphatic heterocycles. The van der Waals surface area contributed by atoms with E-state index in [1.54, 1.807) is 0 Å². The van der Waals surface area contributed by atoms with Gasteiger partial charge < -0.3 is 25.4 Å². The highest BCUT2D eigenvalue weighted by molar-refractivity contribution is 5.73. The summed E-state index contributed by atoms with van der Waals surface area (Å²) >= 11 is 0. The Morgan fingerprint density at radius 2 is 1.82 bits per heavy atom. The van der Waals surface area contributed by atoms with Gasteiger partial charge in [0.1, 0.15) is 6.04 Å². The van der Waals surface area contributed by atoms with Crippen molar-refractivity contribution >= 4 is 5.97 Å².